The summed E-state index contributed by atoms with van der Waals surface area (Å²) in [7, 11) is 0. The molecule has 5 nitrogen and oxygen atoms in total. The summed E-state index contributed by atoms with van der Waals surface area (Å²) in [5.74, 6) is -0.611. The molecule has 0 bridgehead atoms. The van der Waals surface area contributed by atoms with Gasteiger partial charge in [0, 0.05) is 23.5 Å². The van der Waals surface area contributed by atoms with Gasteiger partial charge in [-0.15, -0.1) is 0 Å². The van der Waals surface area contributed by atoms with Crippen LogP contribution in [0.2, 0.25) is 0 Å². The van der Waals surface area contributed by atoms with Crippen LogP contribution in [-0.4, -0.2) is 36.0 Å². The lowest BCUT2D eigenvalue weighted by Crippen LogP contribution is -2.50. The zero-order chi connectivity index (χ0) is 19.0. The van der Waals surface area contributed by atoms with Crippen molar-refractivity contribution in [2.45, 2.75) is 51.5 Å². The number of fused-ring (bicyclic) bond motifs is 2. The van der Waals surface area contributed by atoms with E-state index in [9.17, 15) is 14.0 Å². The first kappa shape index (κ1) is 18.0. The molecule has 144 valence electrons. The van der Waals surface area contributed by atoms with E-state index in [1.54, 1.807) is 6.92 Å². The van der Waals surface area contributed by atoms with E-state index in [1.807, 2.05) is 4.90 Å². The Morgan fingerprint density at radius 1 is 1.22 bits per heavy atom. The molecule has 2 fully saturated rings. The molecule has 1 saturated heterocycles. The highest BCUT2D eigenvalue weighted by Crippen LogP contribution is 2.35. The van der Waals surface area contributed by atoms with Crippen molar-refractivity contribution in [1.82, 2.24) is 4.90 Å². The molecule has 2 heterocycles. The van der Waals surface area contributed by atoms with Crippen LogP contribution in [0.3, 0.4) is 0 Å². The Bertz CT molecular complexity index is 872. The van der Waals surface area contributed by atoms with Crippen molar-refractivity contribution in [3.8, 4) is 0 Å². The number of carbonyl (C=O) groups is 2. The maximum atomic E-state index is 13.4. The van der Waals surface area contributed by atoms with Gasteiger partial charge in [0.15, 0.2) is 6.61 Å². The molecule has 6 heteroatoms. The Labute approximate surface area is 157 Å². The third kappa shape index (κ3) is 3.45. The number of halogens is 1. The second-order valence-corrected chi connectivity index (χ2v) is 7.61. The van der Waals surface area contributed by atoms with E-state index in [1.165, 1.54) is 37.5 Å². The quantitative estimate of drug-likeness (QED) is 0.756. The van der Waals surface area contributed by atoms with Gasteiger partial charge < -0.3 is 14.1 Å². The number of likely N-dealkylation sites (tertiary alicyclic amines) is 1. The lowest BCUT2D eigenvalue weighted by atomic mass is 9.78. The van der Waals surface area contributed by atoms with Gasteiger partial charge in [0.05, 0.1) is 0 Å². The van der Waals surface area contributed by atoms with Gasteiger partial charge in [-0.3, -0.25) is 4.79 Å². The molecule has 1 aromatic carbocycles. The number of aryl methyl sites for hydroxylation is 1. The van der Waals surface area contributed by atoms with Gasteiger partial charge >= 0.3 is 5.97 Å². The molecule has 0 spiro atoms. The molecular formula is C21H24FNO4. The second-order valence-electron chi connectivity index (χ2n) is 7.61. The molecule has 2 aromatic rings. The molecule has 0 unspecified atom stereocenters. The number of hydrogen-bond donors (Lipinski definition) is 0. The normalized spacial score (nSPS) is 22.5. The van der Waals surface area contributed by atoms with Crippen LogP contribution in [0.25, 0.3) is 11.0 Å². The summed E-state index contributed by atoms with van der Waals surface area (Å²) < 4.78 is 24.2. The molecule has 2 atom stereocenters. The van der Waals surface area contributed by atoms with Gasteiger partial charge in [-0.25, -0.2) is 9.18 Å². The molecule has 1 aromatic heterocycles. The molecule has 0 radical (unpaired) electrons. The van der Waals surface area contributed by atoms with Crippen molar-refractivity contribution >= 4 is 22.8 Å². The second kappa shape index (κ2) is 7.33. The van der Waals surface area contributed by atoms with Crippen molar-refractivity contribution in [3.05, 3.63) is 35.3 Å². The number of rotatable bonds is 3. The van der Waals surface area contributed by atoms with Gasteiger partial charge in [-0.2, -0.15) is 0 Å². The molecule has 4 rings (SSSR count). The zero-order valence-electron chi connectivity index (χ0n) is 15.5. The number of furan rings is 1. The fourth-order valence-electron chi connectivity index (χ4n) is 4.60. The summed E-state index contributed by atoms with van der Waals surface area (Å²) in [6.45, 7) is 2.13. The number of benzene rings is 1. The first-order valence-electron chi connectivity index (χ1n) is 9.70. The Balaban J connectivity index is 1.43. The van der Waals surface area contributed by atoms with E-state index in [-0.39, 0.29) is 24.3 Å². The largest absolute Gasteiger partial charge is 0.450 e. The Hall–Kier alpha value is -2.37. The summed E-state index contributed by atoms with van der Waals surface area (Å²) >= 11 is 0. The van der Waals surface area contributed by atoms with Crippen molar-refractivity contribution < 1.29 is 23.1 Å². The molecule has 1 saturated carbocycles. The van der Waals surface area contributed by atoms with Crippen molar-refractivity contribution in [1.29, 1.82) is 0 Å². The van der Waals surface area contributed by atoms with Crippen LogP contribution in [-0.2, 0) is 9.53 Å². The van der Waals surface area contributed by atoms with Crippen LogP contribution in [0.15, 0.2) is 22.6 Å². The SMILES string of the molecule is Cc1c(C(=O)OCC(=O)N2CCC[C@H]3CCCC[C@@H]32)oc2ccc(F)cc12. The summed E-state index contributed by atoms with van der Waals surface area (Å²) in [5.41, 5.74) is 0.945. The topological polar surface area (TPSA) is 59.8 Å². The average Bonchev–Trinajstić information content (AvgIpc) is 3.01. The zero-order valence-corrected chi connectivity index (χ0v) is 15.5. The summed E-state index contributed by atoms with van der Waals surface area (Å²) in [6, 6.07) is 4.37. The fraction of sp³-hybridized carbons (Fsp3) is 0.524. The van der Waals surface area contributed by atoms with E-state index < -0.39 is 11.8 Å². The lowest BCUT2D eigenvalue weighted by Gasteiger charge is -2.44. The summed E-state index contributed by atoms with van der Waals surface area (Å²) in [5, 5.41) is 0.536. The summed E-state index contributed by atoms with van der Waals surface area (Å²) in [4.78, 5) is 27.0. The van der Waals surface area contributed by atoms with Crippen LogP contribution in [0.5, 0.6) is 0 Å². The molecular weight excluding hydrogens is 349 g/mol. The Morgan fingerprint density at radius 2 is 2.00 bits per heavy atom. The standard InChI is InChI=1S/C21H24FNO4/c1-13-16-11-15(22)8-9-18(16)27-20(13)21(25)26-12-19(24)23-10-4-6-14-5-2-3-7-17(14)23/h8-9,11,14,17H,2-7,10,12H2,1H3/t14-,17+/m1/s1. The van der Waals surface area contributed by atoms with Gasteiger partial charge in [-0.1, -0.05) is 12.8 Å². The van der Waals surface area contributed by atoms with Crippen LogP contribution < -0.4 is 0 Å². The minimum atomic E-state index is -0.685. The Kier molecular flexibility index (Phi) is 4.89. The summed E-state index contributed by atoms with van der Waals surface area (Å²) in [6.07, 6.45) is 6.81. The Morgan fingerprint density at radius 3 is 2.85 bits per heavy atom. The molecule has 1 aliphatic heterocycles. The maximum Gasteiger partial charge on any atom is 0.375 e. The van der Waals surface area contributed by atoms with Crippen molar-refractivity contribution in [3.63, 3.8) is 0 Å². The first-order valence-corrected chi connectivity index (χ1v) is 9.70. The van der Waals surface area contributed by atoms with Crippen LogP contribution >= 0.6 is 0 Å². The third-order valence-electron chi connectivity index (χ3n) is 5.97. The van der Waals surface area contributed by atoms with E-state index in [0.29, 0.717) is 22.5 Å². The van der Waals surface area contributed by atoms with E-state index >= 15 is 0 Å². The first-order chi connectivity index (χ1) is 13.0. The minimum absolute atomic E-state index is 0.0255. The van der Waals surface area contributed by atoms with Crippen LogP contribution in [0.4, 0.5) is 4.39 Å². The molecule has 27 heavy (non-hydrogen) atoms. The fourth-order valence-corrected chi connectivity index (χ4v) is 4.60. The van der Waals surface area contributed by atoms with E-state index in [2.05, 4.69) is 0 Å². The number of nitrogens with zero attached hydrogens (tertiary/aromatic N) is 1. The van der Waals surface area contributed by atoms with Crippen LogP contribution in [0.1, 0.15) is 54.6 Å². The lowest BCUT2D eigenvalue weighted by molar-refractivity contribution is -0.140. The van der Waals surface area contributed by atoms with Gasteiger partial charge in [0.1, 0.15) is 11.4 Å². The van der Waals surface area contributed by atoms with Gasteiger partial charge in [-0.05, 0) is 56.7 Å². The van der Waals surface area contributed by atoms with Crippen molar-refractivity contribution in [2.24, 2.45) is 5.92 Å². The smallest absolute Gasteiger partial charge is 0.375 e. The number of ether oxygens (including phenoxy) is 1. The highest BCUT2D eigenvalue weighted by atomic mass is 19.1. The average molecular weight is 373 g/mol. The van der Waals surface area contributed by atoms with Crippen LogP contribution in [0, 0.1) is 18.7 Å². The number of hydrogen-bond acceptors (Lipinski definition) is 4. The van der Waals surface area contributed by atoms with E-state index in [4.69, 9.17) is 9.15 Å². The maximum absolute atomic E-state index is 13.4. The minimum Gasteiger partial charge on any atom is -0.450 e. The number of esters is 1. The predicted octanol–water partition coefficient (Wildman–Crippen LogP) is 4.22. The van der Waals surface area contributed by atoms with Gasteiger partial charge in [0.25, 0.3) is 5.91 Å². The number of amides is 1. The molecule has 1 amide bonds. The molecule has 0 N–H and O–H groups in total. The molecule has 1 aliphatic carbocycles. The molecule has 2 aliphatic rings. The number of carbonyl (C=O) groups excluding carboxylic acids is 2. The highest BCUT2D eigenvalue weighted by molar-refractivity contribution is 5.96. The third-order valence-corrected chi connectivity index (χ3v) is 5.97. The van der Waals surface area contributed by atoms with Gasteiger partial charge in [0.2, 0.25) is 5.76 Å². The number of piperidine rings is 1. The highest BCUT2D eigenvalue weighted by Gasteiger charge is 2.36. The van der Waals surface area contributed by atoms with E-state index in [0.717, 1.165) is 25.8 Å². The predicted molar refractivity (Wildman–Crippen MR) is 97.9 cm³/mol. The monoisotopic (exact) mass is 373 g/mol. The van der Waals surface area contributed by atoms with Crippen molar-refractivity contribution in [2.75, 3.05) is 13.2 Å².